The normalized spacial score (nSPS) is 11.1. The van der Waals surface area contributed by atoms with E-state index in [9.17, 15) is 4.79 Å². The molecule has 0 radical (unpaired) electrons. The maximum Gasteiger partial charge on any atom is 0.197 e. The van der Waals surface area contributed by atoms with Crippen LogP contribution in [0.1, 0.15) is 54.9 Å². The molecule has 0 bridgehead atoms. The molecule has 0 saturated carbocycles. The van der Waals surface area contributed by atoms with Crippen molar-refractivity contribution in [1.82, 2.24) is 0 Å². The summed E-state index contributed by atoms with van der Waals surface area (Å²) in [7, 11) is 0. The summed E-state index contributed by atoms with van der Waals surface area (Å²) >= 11 is 0. The van der Waals surface area contributed by atoms with E-state index in [1.54, 1.807) is 48.5 Å². The van der Waals surface area contributed by atoms with E-state index in [1.807, 2.05) is 0 Å². The van der Waals surface area contributed by atoms with Crippen molar-refractivity contribution >= 4 is 68.3 Å². The van der Waals surface area contributed by atoms with Gasteiger partial charge in [-0.2, -0.15) is 0 Å². The van der Waals surface area contributed by atoms with Crippen LogP contribution in [0.5, 0.6) is 23.0 Å². The van der Waals surface area contributed by atoms with Crippen LogP contribution in [0.15, 0.2) is 0 Å². The number of anilines is 11. The molecule has 0 aliphatic heterocycles. The van der Waals surface area contributed by atoms with E-state index in [0.29, 0.717) is 50.4 Å². The van der Waals surface area contributed by atoms with Gasteiger partial charge in [0.1, 0.15) is 11.4 Å². The first-order valence-corrected chi connectivity index (χ1v) is 14.2. The van der Waals surface area contributed by atoms with E-state index in [4.69, 9.17) is 72.5 Å². The third-order valence-corrected chi connectivity index (χ3v) is 8.90. The SMILES string of the molecule is Cc1c(N)c(C)c(N)c(Oc2c(C)c(N)c(C(=O)c3c(C)c(N)c(Oc4c(C)c(N)c(N)c(N)c4N)c(N)c3C)c(N)c2C)c1N. The molecule has 0 amide bonds. The predicted molar refractivity (Wildman–Crippen MR) is 191 cm³/mol. The van der Waals surface area contributed by atoms with Crippen LogP contribution < -0.4 is 72.5 Å². The van der Waals surface area contributed by atoms with Crippen LogP contribution in [0.4, 0.5) is 62.6 Å². The van der Waals surface area contributed by atoms with Crippen molar-refractivity contribution in [1.29, 1.82) is 0 Å². The minimum atomic E-state index is -0.498. The zero-order chi connectivity index (χ0) is 34.8. The van der Waals surface area contributed by atoms with Gasteiger partial charge in [-0.25, -0.2) is 0 Å². The number of carbonyl (C=O) groups excluding carboxylic acids is 1. The Morgan fingerprint density at radius 3 is 1.11 bits per heavy atom. The number of hydrogen-bond acceptors (Lipinski definition) is 14. The molecular formula is C32H43N11O3. The Morgan fingerprint density at radius 1 is 0.326 bits per heavy atom. The molecule has 0 saturated heterocycles. The molecule has 14 nitrogen and oxygen atoms in total. The van der Waals surface area contributed by atoms with E-state index < -0.39 is 5.78 Å². The summed E-state index contributed by atoms with van der Waals surface area (Å²) < 4.78 is 12.4. The highest BCUT2D eigenvalue weighted by Crippen LogP contribution is 2.49. The minimum Gasteiger partial charge on any atom is -0.452 e. The molecule has 22 N–H and O–H groups in total. The Morgan fingerprint density at radius 2 is 0.674 bits per heavy atom. The molecule has 0 spiro atoms. The van der Waals surface area contributed by atoms with Gasteiger partial charge < -0.3 is 72.5 Å². The zero-order valence-electron chi connectivity index (χ0n) is 27.1. The third-order valence-electron chi connectivity index (χ3n) is 8.90. The van der Waals surface area contributed by atoms with Crippen molar-refractivity contribution in [2.45, 2.75) is 48.5 Å². The molecule has 4 rings (SSSR count). The lowest BCUT2D eigenvalue weighted by molar-refractivity contribution is 0.103. The second-order valence-corrected chi connectivity index (χ2v) is 11.5. The van der Waals surface area contributed by atoms with Crippen LogP contribution in [-0.4, -0.2) is 5.78 Å². The molecule has 0 aliphatic rings. The van der Waals surface area contributed by atoms with Crippen molar-refractivity contribution in [3.8, 4) is 23.0 Å². The molecule has 0 heterocycles. The van der Waals surface area contributed by atoms with E-state index in [0.717, 1.165) is 0 Å². The van der Waals surface area contributed by atoms with Gasteiger partial charge in [0.2, 0.25) is 0 Å². The average molecular weight is 630 g/mol. The molecule has 0 fully saturated rings. The van der Waals surface area contributed by atoms with Crippen molar-refractivity contribution in [2.75, 3.05) is 63.1 Å². The maximum atomic E-state index is 14.3. The van der Waals surface area contributed by atoms with Crippen molar-refractivity contribution in [2.24, 2.45) is 0 Å². The van der Waals surface area contributed by atoms with E-state index in [1.165, 1.54) is 0 Å². The number of nitrogens with two attached hydrogens (primary N) is 11. The number of benzene rings is 4. The summed E-state index contributed by atoms with van der Waals surface area (Å²) in [6, 6.07) is 0. The second-order valence-electron chi connectivity index (χ2n) is 11.5. The Kier molecular flexibility index (Phi) is 7.96. The lowest BCUT2D eigenvalue weighted by Gasteiger charge is -2.24. The van der Waals surface area contributed by atoms with Crippen molar-refractivity contribution < 1.29 is 14.3 Å². The second kappa shape index (κ2) is 11.1. The summed E-state index contributed by atoms with van der Waals surface area (Å²) in [5, 5.41) is 0. The summed E-state index contributed by atoms with van der Waals surface area (Å²) in [5.41, 5.74) is 74.8. The van der Waals surface area contributed by atoms with Crippen molar-refractivity contribution in [3.05, 3.63) is 50.1 Å². The van der Waals surface area contributed by atoms with Gasteiger partial charge >= 0.3 is 0 Å². The first kappa shape index (κ1) is 32.9. The Labute approximate surface area is 267 Å². The third kappa shape index (κ3) is 4.62. The fourth-order valence-electron chi connectivity index (χ4n) is 5.50. The van der Waals surface area contributed by atoms with Gasteiger partial charge in [0, 0.05) is 27.9 Å². The monoisotopic (exact) mass is 629 g/mol. The molecule has 0 atom stereocenters. The lowest BCUT2D eigenvalue weighted by atomic mass is 9.88. The summed E-state index contributed by atoms with van der Waals surface area (Å²) in [4.78, 5) is 14.3. The van der Waals surface area contributed by atoms with Gasteiger partial charge in [-0.15, -0.1) is 0 Å². The van der Waals surface area contributed by atoms with Crippen LogP contribution >= 0.6 is 0 Å². The van der Waals surface area contributed by atoms with Crippen LogP contribution in [-0.2, 0) is 0 Å². The Hall–Kier alpha value is -6.05. The summed E-state index contributed by atoms with van der Waals surface area (Å²) in [5.74, 6) is 0.244. The van der Waals surface area contributed by atoms with Gasteiger partial charge in [0.25, 0.3) is 0 Å². The van der Waals surface area contributed by atoms with Crippen LogP contribution in [0, 0.1) is 48.5 Å². The summed E-state index contributed by atoms with van der Waals surface area (Å²) in [6.07, 6.45) is 0. The number of ketones is 1. The van der Waals surface area contributed by atoms with Gasteiger partial charge in [-0.3, -0.25) is 4.79 Å². The lowest BCUT2D eigenvalue weighted by Crippen LogP contribution is -2.17. The van der Waals surface area contributed by atoms with Crippen LogP contribution in [0.2, 0.25) is 0 Å². The van der Waals surface area contributed by atoms with Gasteiger partial charge in [-0.05, 0) is 70.7 Å². The van der Waals surface area contributed by atoms with Gasteiger partial charge in [0.15, 0.2) is 23.0 Å². The summed E-state index contributed by atoms with van der Waals surface area (Å²) in [6.45, 7) is 11.9. The highest BCUT2D eigenvalue weighted by atomic mass is 16.5. The number of rotatable bonds is 6. The Bertz CT molecular complexity index is 1740. The first-order chi connectivity index (χ1) is 21.3. The number of hydrogen-bond donors (Lipinski definition) is 11. The smallest absolute Gasteiger partial charge is 0.197 e. The highest BCUT2D eigenvalue weighted by molar-refractivity contribution is 6.19. The molecule has 0 unspecified atom stereocenters. The zero-order valence-corrected chi connectivity index (χ0v) is 27.1. The molecule has 46 heavy (non-hydrogen) atoms. The number of ether oxygens (including phenoxy) is 2. The molecule has 244 valence electrons. The fraction of sp³-hybridized carbons (Fsp3) is 0.219. The topological polar surface area (TPSA) is 322 Å². The molecule has 0 aromatic heterocycles. The molecule has 4 aromatic rings. The van der Waals surface area contributed by atoms with Gasteiger partial charge in [-0.1, -0.05) is 0 Å². The number of carbonyl (C=O) groups is 1. The van der Waals surface area contributed by atoms with E-state index in [2.05, 4.69) is 0 Å². The Balaban J connectivity index is 1.86. The molecular weight excluding hydrogens is 586 g/mol. The first-order valence-electron chi connectivity index (χ1n) is 14.2. The highest BCUT2D eigenvalue weighted by Gasteiger charge is 2.30. The average Bonchev–Trinajstić information content (AvgIpc) is 3.02. The van der Waals surface area contributed by atoms with Crippen LogP contribution in [0.3, 0.4) is 0 Å². The number of nitrogen functional groups attached to an aromatic ring is 11. The standard InChI is InChI=1S/C32H43N11O3/c1-8-15(9(2)22(38)31(21(8)37)46-30-14(7)20(36)25(41)26(42)27(30)43)28(44)16-18(34)12(5)29(13(6)19(16)35)45-32-23(39)10(3)17(33)11(4)24(32)40/h33-43H2,1-7H3. The fourth-order valence-corrected chi connectivity index (χ4v) is 5.50. The van der Waals surface area contributed by atoms with E-state index in [-0.39, 0.29) is 85.2 Å². The molecule has 14 heteroatoms. The quantitative estimate of drug-likeness (QED) is 0.106. The maximum absolute atomic E-state index is 14.3. The largest absolute Gasteiger partial charge is 0.452 e. The van der Waals surface area contributed by atoms with E-state index >= 15 is 0 Å². The molecule has 0 aliphatic carbocycles. The van der Waals surface area contributed by atoms with Gasteiger partial charge in [0.05, 0.1) is 56.7 Å². The van der Waals surface area contributed by atoms with Crippen molar-refractivity contribution in [3.63, 3.8) is 0 Å². The van der Waals surface area contributed by atoms with Crippen LogP contribution in [0.25, 0.3) is 0 Å². The predicted octanol–water partition coefficient (Wildman–Crippen LogP) is 4.07. The molecule has 4 aromatic carbocycles. The minimum absolute atomic E-state index is 0.0609.